The Hall–Kier alpha value is -2.58. The fourth-order valence-electron chi connectivity index (χ4n) is 2.04. The second kappa shape index (κ2) is 7.33. The Balaban J connectivity index is 2.25. The first-order valence-corrected chi connectivity index (χ1v) is 8.65. The molecular formula is C16H18N2O5S. The van der Waals surface area contributed by atoms with Gasteiger partial charge in [0.2, 0.25) is 10.0 Å². The molecule has 128 valence electrons. The smallest absolute Gasteiger partial charge is 0.255 e. The molecule has 0 heterocycles. The number of hydrogen-bond acceptors (Lipinski definition) is 5. The normalized spacial score (nSPS) is 11.0. The third-order valence-electron chi connectivity index (χ3n) is 3.15. The molecule has 0 radical (unpaired) electrons. The number of amides is 1. The van der Waals surface area contributed by atoms with Gasteiger partial charge in [-0.25, -0.2) is 13.6 Å². The highest BCUT2D eigenvalue weighted by Crippen LogP contribution is 2.28. The highest BCUT2D eigenvalue weighted by atomic mass is 32.2. The lowest BCUT2D eigenvalue weighted by atomic mass is 10.2. The van der Waals surface area contributed by atoms with E-state index in [0.29, 0.717) is 29.4 Å². The number of benzene rings is 2. The van der Waals surface area contributed by atoms with Gasteiger partial charge in [0.05, 0.1) is 18.6 Å². The summed E-state index contributed by atoms with van der Waals surface area (Å²) in [6.45, 7) is 2.25. The molecule has 7 nitrogen and oxygen atoms in total. The molecule has 0 aliphatic carbocycles. The first-order chi connectivity index (χ1) is 11.3. The van der Waals surface area contributed by atoms with Crippen LogP contribution in [-0.4, -0.2) is 28.0 Å². The number of anilines is 1. The lowest BCUT2D eigenvalue weighted by molar-refractivity contribution is 0.102. The zero-order chi connectivity index (χ0) is 17.7. The first-order valence-electron chi connectivity index (χ1n) is 7.10. The van der Waals surface area contributed by atoms with Crippen LogP contribution in [0.2, 0.25) is 0 Å². The van der Waals surface area contributed by atoms with Gasteiger partial charge in [0.1, 0.15) is 0 Å². The second-order valence-corrected chi connectivity index (χ2v) is 6.39. The molecule has 0 fully saturated rings. The van der Waals surface area contributed by atoms with Crippen molar-refractivity contribution >= 4 is 21.6 Å². The number of hydrogen-bond donors (Lipinski definition) is 2. The molecule has 0 aliphatic rings. The van der Waals surface area contributed by atoms with Crippen molar-refractivity contribution in [2.24, 2.45) is 5.14 Å². The first kappa shape index (κ1) is 17.8. The molecule has 2 aromatic rings. The molecule has 8 heteroatoms. The summed E-state index contributed by atoms with van der Waals surface area (Å²) in [6, 6.07) is 10.5. The molecule has 0 atom stereocenters. The monoisotopic (exact) mass is 350 g/mol. The maximum absolute atomic E-state index is 12.3. The Morgan fingerprint density at radius 3 is 2.54 bits per heavy atom. The van der Waals surface area contributed by atoms with Crippen molar-refractivity contribution in [3.8, 4) is 11.5 Å². The number of carbonyl (C=O) groups is 1. The minimum absolute atomic E-state index is 0.0787. The Kier molecular flexibility index (Phi) is 5.42. The lowest BCUT2D eigenvalue weighted by Gasteiger charge is -2.11. The van der Waals surface area contributed by atoms with Crippen LogP contribution in [-0.2, 0) is 10.0 Å². The van der Waals surface area contributed by atoms with Crippen LogP contribution in [0.1, 0.15) is 17.3 Å². The number of nitrogens with two attached hydrogens (primary N) is 1. The van der Waals surface area contributed by atoms with E-state index in [0.717, 1.165) is 0 Å². The lowest BCUT2D eigenvalue weighted by Crippen LogP contribution is -2.15. The number of ether oxygens (including phenoxy) is 2. The summed E-state index contributed by atoms with van der Waals surface area (Å²) in [5, 5.41) is 7.70. The van der Waals surface area contributed by atoms with E-state index >= 15 is 0 Å². The molecular weight excluding hydrogens is 332 g/mol. The van der Waals surface area contributed by atoms with Crippen LogP contribution >= 0.6 is 0 Å². The van der Waals surface area contributed by atoms with Crippen molar-refractivity contribution < 1.29 is 22.7 Å². The Labute approximate surface area is 140 Å². The minimum Gasteiger partial charge on any atom is -0.493 e. The standard InChI is InChI=1S/C16H18N2O5S/c1-3-23-15-9-11(7-8-14(15)22-2)16(19)18-12-5-4-6-13(10-12)24(17,20)21/h4-10H,3H2,1-2H3,(H,18,19)(H2,17,20,21). The van der Waals surface area contributed by atoms with Crippen molar-refractivity contribution in [3.63, 3.8) is 0 Å². The van der Waals surface area contributed by atoms with Crippen LogP contribution in [0.15, 0.2) is 47.4 Å². The highest BCUT2D eigenvalue weighted by molar-refractivity contribution is 7.89. The quantitative estimate of drug-likeness (QED) is 0.828. The molecule has 0 unspecified atom stereocenters. The van der Waals surface area contributed by atoms with E-state index in [4.69, 9.17) is 14.6 Å². The molecule has 24 heavy (non-hydrogen) atoms. The molecule has 1 amide bonds. The number of carbonyl (C=O) groups excluding carboxylic acids is 1. The van der Waals surface area contributed by atoms with Gasteiger partial charge < -0.3 is 14.8 Å². The number of primary sulfonamides is 1. The summed E-state index contributed by atoms with van der Waals surface area (Å²) in [6.07, 6.45) is 0. The highest BCUT2D eigenvalue weighted by Gasteiger charge is 2.13. The fourth-order valence-corrected chi connectivity index (χ4v) is 2.60. The molecule has 2 aromatic carbocycles. The van der Waals surface area contributed by atoms with Gasteiger partial charge in [0, 0.05) is 11.3 Å². The summed E-state index contributed by atoms with van der Waals surface area (Å²) in [4.78, 5) is 12.3. The largest absolute Gasteiger partial charge is 0.493 e. The zero-order valence-corrected chi connectivity index (χ0v) is 14.1. The van der Waals surface area contributed by atoms with Gasteiger partial charge >= 0.3 is 0 Å². The summed E-state index contributed by atoms with van der Waals surface area (Å²) in [5.41, 5.74) is 0.667. The van der Waals surface area contributed by atoms with E-state index in [1.165, 1.54) is 25.3 Å². The average Bonchev–Trinajstić information content (AvgIpc) is 2.54. The van der Waals surface area contributed by atoms with Crippen molar-refractivity contribution in [1.29, 1.82) is 0 Å². The number of rotatable bonds is 6. The van der Waals surface area contributed by atoms with Crippen LogP contribution in [0.4, 0.5) is 5.69 Å². The van der Waals surface area contributed by atoms with Crippen LogP contribution in [0.25, 0.3) is 0 Å². The van der Waals surface area contributed by atoms with Gasteiger partial charge in [-0.3, -0.25) is 4.79 Å². The van der Waals surface area contributed by atoms with E-state index < -0.39 is 15.9 Å². The third kappa shape index (κ3) is 4.24. The number of nitrogens with one attached hydrogen (secondary N) is 1. The fraction of sp³-hybridized carbons (Fsp3) is 0.188. The van der Waals surface area contributed by atoms with Crippen molar-refractivity contribution in [2.75, 3.05) is 19.0 Å². The third-order valence-corrected chi connectivity index (χ3v) is 4.06. The van der Waals surface area contributed by atoms with E-state index in [1.807, 2.05) is 6.92 Å². The summed E-state index contributed by atoms with van der Waals surface area (Å²) in [7, 11) is -2.33. The molecule has 0 bridgehead atoms. The average molecular weight is 350 g/mol. The van der Waals surface area contributed by atoms with Gasteiger partial charge in [-0.15, -0.1) is 0 Å². The summed E-state index contributed by atoms with van der Waals surface area (Å²) >= 11 is 0. The topological polar surface area (TPSA) is 108 Å². The van der Waals surface area contributed by atoms with E-state index in [2.05, 4.69) is 5.32 Å². The summed E-state index contributed by atoms with van der Waals surface area (Å²) < 4.78 is 33.3. The molecule has 0 spiro atoms. The molecule has 2 rings (SSSR count). The van der Waals surface area contributed by atoms with Crippen LogP contribution < -0.4 is 19.9 Å². The molecule has 3 N–H and O–H groups in total. The van der Waals surface area contributed by atoms with Crippen molar-refractivity contribution in [1.82, 2.24) is 0 Å². The van der Waals surface area contributed by atoms with Crippen molar-refractivity contribution in [3.05, 3.63) is 48.0 Å². The Morgan fingerprint density at radius 2 is 1.92 bits per heavy atom. The number of sulfonamides is 1. The minimum atomic E-state index is -3.84. The van der Waals surface area contributed by atoms with Crippen LogP contribution in [0.3, 0.4) is 0 Å². The van der Waals surface area contributed by atoms with Crippen LogP contribution in [0.5, 0.6) is 11.5 Å². The van der Waals surface area contributed by atoms with Gasteiger partial charge in [0.15, 0.2) is 11.5 Å². The van der Waals surface area contributed by atoms with E-state index in [1.54, 1.807) is 24.3 Å². The summed E-state index contributed by atoms with van der Waals surface area (Å²) in [5.74, 6) is 0.556. The second-order valence-electron chi connectivity index (χ2n) is 4.83. The molecule has 0 saturated heterocycles. The van der Waals surface area contributed by atoms with Gasteiger partial charge in [-0.1, -0.05) is 6.07 Å². The van der Waals surface area contributed by atoms with Crippen LogP contribution in [0, 0.1) is 0 Å². The Morgan fingerprint density at radius 1 is 1.17 bits per heavy atom. The predicted octanol–water partition coefficient (Wildman–Crippen LogP) is 1.99. The maximum atomic E-state index is 12.3. The van der Waals surface area contributed by atoms with E-state index in [9.17, 15) is 13.2 Å². The van der Waals surface area contributed by atoms with Crippen molar-refractivity contribution in [2.45, 2.75) is 11.8 Å². The van der Waals surface area contributed by atoms with E-state index in [-0.39, 0.29) is 4.90 Å². The Bertz CT molecular complexity index is 849. The van der Waals surface area contributed by atoms with Gasteiger partial charge in [-0.2, -0.15) is 0 Å². The van der Waals surface area contributed by atoms with Gasteiger partial charge in [-0.05, 0) is 43.3 Å². The van der Waals surface area contributed by atoms with Gasteiger partial charge in [0.25, 0.3) is 5.91 Å². The maximum Gasteiger partial charge on any atom is 0.255 e. The molecule has 0 aromatic heterocycles. The molecule has 0 saturated carbocycles. The number of methoxy groups -OCH3 is 1. The molecule has 0 aliphatic heterocycles. The SMILES string of the molecule is CCOc1cc(C(=O)Nc2cccc(S(N)(=O)=O)c2)ccc1OC. The predicted molar refractivity (Wildman–Crippen MR) is 89.9 cm³/mol. The zero-order valence-electron chi connectivity index (χ0n) is 13.3.